The highest BCUT2D eigenvalue weighted by molar-refractivity contribution is 5.85. The maximum Gasteiger partial charge on any atom is 0.277 e. The van der Waals surface area contributed by atoms with Gasteiger partial charge in [-0.2, -0.15) is 5.10 Å². The number of aromatic nitrogens is 1. The normalized spacial score (nSPS) is 11.2. The van der Waals surface area contributed by atoms with Crippen LogP contribution in [0.25, 0.3) is 10.9 Å². The van der Waals surface area contributed by atoms with Gasteiger partial charge in [-0.1, -0.05) is 56.3 Å². The summed E-state index contributed by atoms with van der Waals surface area (Å²) in [7, 11) is 0. The van der Waals surface area contributed by atoms with Gasteiger partial charge in [0.1, 0.15) is 11.3 Å². The number of hydrogen-bond acceptors (Lipinski definition) is 4. The molecular weight excluding hydrogens is 326 g/mol. The number of pyridine rings is 1. The summed E-state index contributed by atoms with van der Waals surface area (Å²) in [5, 5.41) is 4.94. The van der Waals surface area contributed by atoms with E-state index in [0.717, 1.165) is 16.5 Å². The van der Waals surface area contributed by atoms with Gasteiger partial charge in [0.25, 0.3) is 5.91 Å². The summed E-state index contributed by atoms with van der Waals surface area (Å²) in [5.74, 6) is 0.737. The molecule has 132 valence electrons. The number of carbonyl (C=O) groups excluding carboxylic acids is 1. The van der Waals surface area contributed by atoms with Gasteiger partial charge in [0.05, 0.1) is 6.21 Å². The average Bonchev–Trinajstić information content (AvgIpc) is 2.66. The molecule has 0 aliphatic carbocycles. The van der Waals surface area contributed by atoms with E-state index in [0.29, 0.717) is 11.7 Å². The van der Waals surface area contributed by atoms with E-state index in [4.69, 9.17) is 4.74 Å². The van der Waals surface area contributed by atoms with E-state index in [1.165, 1.54) is 5.56 Å². The van der Waals surface area contributed by atoms with Crippen LogP contribution >= 0.6 is 0 Å². The minimum Gasteiger partial charge on any atom is -0.481 e. The van der Waals surface area contributed by atoms with Gasteiger partial charge in [0.15, 0.2) is 6.61 Å². The molecule has 0 bridgehead atoms. The lowest BCUT2D eigenvalue weighted by Crippen LogP contribution is -2.24. The molecule has 1 heterocycles. The van der Waals surface area contributed by atoms with Crippen LogP contribution in [0, 0.1) is 0 Å². The molecule has 3 rings (SSSR count). The fourth-order valence-corrected chi connectivity index (χ4v) is 2.51. The number of rotatable bonds is 6. The van der Waals surface area contributed by atoms with Crippen molar-refractivity contribution in [3.63, 3.8) is 0 Å². The molecule has 1 aromatic heterocycles. The van der Waals surface area contributed by atoms with Gasteiger partial charge >= 0.3 is 0 Å². The second-order valence-corrected chi connectivity index (χ2v) is 6.23. The predicted octanol–water partition coefficient (Wildman–Crippen LogP) is 3.89. The van der Waals surface area contributed by atoms with E-state index in [1.807, 2.05) is 36.4 Å². The van der Waals surface area contributed by atoms with E-state index in [2.05, 4.69) is 41.5 Å². The number of hydrogen-bond donors (Lipinski definition) is 1. The molecule has 0 fully saturated rings. The number of nitrogens with zero attached hydrogens (tertiary/aromatic N) is 2. The monoisotopic (exact) mass is 347 g/mol. The van der Waals surface area contributed by atoms with Gasteiger partial charge in [-0.05, 0) is 29.2 Å². The van der Waals surface area contributed by atoms with Gasteiger partial charge in [-0.15, -0.1) is 0 Å². The highest BCUT2D eigenvalue weighted by Gasteiger charge is 2.06. The van der Waals surface area contributed by atoms with E-state index < -0.39 is 0 Å². The molecule has 0 atom stereocenters. The van der Waals surface area contributed by atoms with Crippen molar-refractivity contribution in [2.24, 2.45) is 5.10 Å². The molecule has 3 aromatic rings. The Hall–Kier alpha value is -3.21. The summed E-state index contributed by atoms with van der Waals surface area (Å²) in [6.45, 7) is 4.17. The second kappa shape index (κ2) is 8.25. The summed E-state index contributed by atoms with van der Waals surface area (Å²) in [4.78, 5) is 16.2. The zero-order chi connectivity index (χ0) is 18.4. The first kappa shape index (κ1) is 17.6. The first-order valence-electron chi connectivity index (χ1n) is 8.52. The van der Waals surface area contributed by atoms with Gasteiger partial charge in [-0.3, -0.25) is 9.78 Å². The summed E-state index contributed by atoms with van der Waals surface area (Å²) >= 11 is 0. The lowest BCUT2D eigenvalue weighted by atomic mass is 10.0. The zero-order valence-electron chi connectivity index (χ0n) is 14.8. The number of fused-ring (bicyclic) bond motifs is 1. The van der Waals surface area contributed by atoms with Crippen molar-refractivity contribution >= 4 is 23.0 Å². The fraction of sp³-hybridized carbons (Fsp3) is 0.190. The largest absolute Gasteiger partial charge is 0.481 e. The first-order chi connectivity index (χ1) is 12.6. The number of hydrazone groups is 1. The zero-order valence-corrected chi connectivity index (χ0v) is 14.8. The van der Waals surface area contributed by atoms with Crippen molar-refractivity contribution in [3.05, 3.63) is 71.9 Å². The molecule has 5 heteroatoms. The maximum absolute atomic E-state index is 11.9. The Morgan fingerprint density at radius 3 is 2.69 bits per heavy atom. The van der Waals surface area contributed by atoms with Crippen molar-refractivity contribution in [1.82, 2.24) is 10.4 Å². The minimum atomic E-state index is -0.326. The van der Waals surface area contributed by atoms with Crippen LogP contribution in [-0.2, 0) is 4.79 Å². The molecule has 0 radical (unpaired) electrons. The Bertz CT molecular complexity index is 913. The van der Waals surface area contributed by atoms with Gasteiger partial charge < -0.3 is 4.74 Å². The Morgan fingerprint density at radius 1 is 1.15 bits per heavy atom. The maximum atomic E-state index is 11.9. The number of carbonyl (C=O) groups is 1. The Labute approximate surface area is 152 Å². The van der Waals surface area contributed by atoms with Gasteiger partial charge in [0, 0.05) is 11.6 Å². The lowest BCUT2D eigenvalue weighted by Gasteiger charge is -2.07. The van der Waals surface area contributed by atoms with Crippen LogP contribution in [0.15, 0.2) is 65.9 Å². The van der Waals surface area contributed by atoms with Crippen LogP contribution in [0.5, 0.6) is 5.75 Å². The molecule has 1 amide bonds. The summed E-state index contributed by atoms with van der Waals surface area (Å²) in [5.41, 5.74) is 5.40. The minimum absolute atomic E-state index is 0.126. The standard InChI is InChI=1S/C21H21N3O2/c1-15(2)17-10-8-16(9-11-17)13-23-24-20(25)14-26-19-7-3-5-18-6-4-12-22-21(18)19/h3-13,15H,14H2,1-2H3,(H,24,25)/b23-13-. The average molecular weight is 347 g/mol. The van der Waals surface area contributed by atoms with E-state index in [-0.39, 0.29) is 12.5 Å². The highest BCUT2D eigenvalue weighted by Crippen LogP contribution is 2.22. The predicted molar refractivity (Wildman–Crippen MR) is 104 cm³/mol. The molecule has 1 N–H and O–H groups in total. The highest BCUT2D eigenvalue weighted by atomic mass is 16.5. The fourth-order valence-electron chi connectivity index (χ4n) is 2.51. The van der Waals surface area contributed by atoms with Crippen LogP contribution in [0.1, 0.15) is 30.9 Å². The van der Waals surface area contributed by atoms with Crippen molar-refractivity contribution < 1.29 is 9.53 Å². The Kier molecular flexibility index (Phi) is 5.59. The molecule has 0 saturated carbocycles. The number of amides is 1. The Balaban J connectivity index is 1.54. The molecule has 0 spiro atoms. The SMILES string of the molecule is CC(C)c1ccc(/C=N\NC(=O)COc2cccc3cccnc23)cc1. The third-order valence-corrected chi connectivity index (χ3v) is 3.96. The third kappa shape index (κ3) is 4.45. The number of para-hydroxylation sites is 1. The van der Waals surface area contributed by atoms with Crippen LogP contribution in [0.4, 0.5) is 0 Å². The second-order valence-electron chi connectivity index (χ2n) is 6.23. The van der Waals surface area contributed by atoms with E-state index >= 15 is 0 Å². The molecule has 2 aromatic carbocycles. The first-order valence-corrected chi connectivity index (χ1v) is 8.52. The molecule has 0 saturated heterocycles. The van der Waals surface area contributed by atoms with Crippen molar-refractivity contribution in [1.29, 1.82) is 0 Å². The number of nitrogens with one attached hydrogen (secondary N) is 1. The molecular formula is C21H21N3O2. The van der Waals surface area contributed by atoms with E-state index in [9.17, 15) is 4.79 Å². The van der Waals surface area contributed by atoms with Crippen LogP contribution in [0.2, 0.25) is 0 Å². The Morgan fingerprint density at radius 2 is 1.92 bits per heavy atom. The summed E-state index contributed by atoms with van der Waals surface area (Å²) < 4.78 is 5.58. The van der Waals surface area contributed by atoms with Crippen molar-refractivity contribution in [3.8, 4) is 5.75 Å². The molecule has 5 nitrogen and oxygen atoms in total. The summed E-state index contributed by atoms with van der Waals surface area (Å²) in [6.07, 6.45) is 3.31. The van der Waals surface area contributed by atoms with E-state index in [1.54, 1.807) is 18.5 Å². The molecule has 0 aliphatic heterocycles. The summed E-state index contributed by atoms with van der Waals surface area (Å²) in [6, 6.07) is 17.5. The third-order valence-electron chi connectivity index (χ3n) is 3.96. The van der Waals surface area contributed by atoms with Crippen molar-refractivity contribution in [2.75, 3.05) is 6.61 Å². The van der Waals surface area contributed by atoms with Crippen molar-refractivity contribution in [2.45, 2.75) is 19.8 Å². The van der Waals surface area contributed by atoms with Crippen LogP contribution in [-0.4, -0.2) is 23.7 Å². The van der Waals surface area contributed by atoms with Gasteiger partial charge in [0.2, 0.25) is 0 Å². The lowest BCUT2D eigenvalue weighted by molar-refractivity contribution is -0.123. The van der Waals surface area contributed by atoms with Gasteiger partial charge in [-0.25, -0.2) is 5.43 Å². The van der Waals surface area contributed by atoms with Crippen LogP contribution in [0.3, 0.4) is 0 Å². The number of ether oxygens (including phenoxy) is 1. The molecule has 26 heavy (non-hydrogen) atoms. The quantitative estimate of drug-likeness (QED) is 0.543. The number of benzene rings is 2. The smallest absolute Gasteiger partial charge is 0.277 e. The molecule has 0 unspecified atom stereocenters. The molecule has 0 aliphatic rings. The van der Waals surface area contributed by atoms with Crippen LogP contribution < -0.4 is 10.2 Å². The topological polar surface area (TPSA) is 63.6 Å².